The Morgan fingerprint density at radius 3 is 2.28 bits per heavy atom. The smallest absolute Gasteiger partial charge is 0.128 e. The summed E-state index contributed by atoms with van der Waals surface area (Å²) in [4.78, 5) is 17.3. The molecule has 0 spiro atoms. The minimum atomic E-state index is 0. The lowest BCUT2D eigenvalue weighted by atomic mass is 10.3. The lowest BCUT2D eigenvalue weighted by molar-refractivity contribution is 0.244. The average Bonchev–Trinajstić information content (AvgIpc) is 2.98. The fourth-order valence-electron chi connectivity index (χ4n) is 2.97. The van der Waals surface area contributed by atoms with E-state index in [9.17, 15) is 0 Å². The van der Waals surface area contributed by atoms with E-state index in [0.717, 1.165) is 55.4 Å². The lowest BCUT2D eigenvalue weighted by Crippen LogP contribution is -2.46. The van der Waals surface area contributed by atoms with E-state index in [1.54, 1.807) is 0 Å². The Bertz CT molecular complexity index is 724. The van der Waals surface area contributed by atoms with Crippen LogP contribution in [0.25, 0.3) is 11.0 Å². The largest absolute Gasteiger partial charge is 0.354 e. The van der Waals surface area contributed by atoms with Crippen molar-refractivity contribution in [2.75, 3.05) is 31.1 Å². The molecule has 3 aromatic rings. The Morgan fingerprint density at radius 2 is 1.60 bits per heavy atom. The van der Waals surface area contributed by atoms with Gasteiger partial charge in [-0.1, -0.05) is 18.2 Å². The molecule has 3 heterocycles. The summed E-state index contributed by atoms with van der Waals surface area (Å²) in [5, 5.41) is 0. The van der Waals surface area contributed by atoms with Crippen LogP contribution in [0.5, 0.6) is 0 Å². The van der Waals surface area contributed by atoms with E-state index in [4.69, 9.17) is 0 Å². The highest BCUT2D eigenvalue weighted by molar-refractivity contribution is 5.86. The van der Waals surface area contributed by atoms with Gasteiger partial charge in [-0.05, 0) is 24.3 Å². The summed E-state index contributed by atoms with van der Waals surface area (Å²) >= 11 is 0. The number of hydrogen-bond donors (Lipinski definition) is 1. The zero-order chi connectivity index (χ0) is 14.8. The van der Waals surface area contributed by atoms with Crippen LogP contribution in [0, 0.1) is 0 Å². The van der Waals surface area contributed by atoms with Crippen LogP contribution in [0.15, 0.2) is 48.7 Å². The molecule has 1 saturated heterocycles. The predicted molar refractivity (Wildman–Crippen MR) is 110 cm³/mol. The number of pyridine rings is 1. The average molecular weight is 403 g/mol. The number of rotatable bonds is 3. The van der Waals surface area contributed by atoms with Crippen LogP contribution >= 0.6 is 37.2 Å². The first-order chi connectivity index (χ1) is 10.9. The Labute approximate surface area is 166 Å². The molecular weight excluding hydrogens is 381 g/mol. The molecule has 0 atom stereocenters. The summed E-state index contributed by atoms with van der Waals surface area (Å²) in [6.07, 6.45) is 1.86. The topological polar surface area (TPSA) is 48.0 Å². The van der Waals surface area contributed by atoms with Crippen LogP contribution in [0.4, 0.5) is 5.82 Å². The normalized spacial score (nSPS) is 14.3. The number of para-hydroxylation sites is 2. The summed E-state index contributed by atoms with van der Waals surface area (Å²) < 4.78 is 0. The van der Waals surface area contributed by atoms with Crippen molar-refractivity contribution in [1.82, 2.24) is 19.9 Å². The molecule has 4 rings (SSSR count). The van der Waals surface area contributed by atoms with Crippen LogP contribution in [-0.4, -0.2) is 46.0 Å². The first-order valence-corrected chi connectivity index (χ1v) is 7.70. The molecule has 136 valence electrons. The summed E-state index contributed by atoms with van der Waals surface area (Å²) in [5.41, 5.74) is 2.16. The highest BCUT2D eigenvalue weighted by atomic mass is 35.5. The van der Waals surface area contributed by atoms with Gasteiger partial charge in [0.1, 0.15) is 11.6 Å². The number of halogens is 3. The van der Waals surface area contributed by atoms with Crippen molar-refractivity contribution < 1.29 is 0 Å². The fraction of sp³-hybridized carbons (Fsp3) is 0.294. The van der Waals surface area contributed by atoms with Gasteiger partial charge in [0.05, 0.1) is 17.6 Å². The number of H-pyrrole nitrogens is 1. The van der Waals surface area contributed by atoms with Gasteiger partial charge in [-0.15, -0.1) is 37.2 Å². The highest BCUT2D eigenvalue weighted by Gasteiger charge is 2.18. The quantitative estimate of drug-likeness (QED) is 0.728. The molecule has 0 unspecified atom stereocenters. The fourth-order valence-corrected chi connectivity index (χ4v) is 2.97. The van der Waals surface area contributed by atoms with E-state index in [-0.39, 0.29) is 37.2 Å². The summed E-state index contributed by atoms with van der Waals surface area (Å²) in [7, 11) is 0. The van der Waals surface area contributed by atoms with Crippen molar-refractivity contribution >= 4 is 54.1 Å². The molecule has 1 aromatic carbocycles. The lowest BCUT2D eigenvalue weighted by Gasteiger charge is -2.34. The van der Waals surface area contributed by atoms with Crippen LogP contribution in [0.2, 0.25) is 0 Å². The van der Waals surface area contributed by atoms with Gasteiger partial charge < -0.3 is 9.88 Å². The van der Waals surface area contributed by atoms with Crippen LogP contribution < -0.4 is 4.90 Å². The molecule has 1 aliphatic rings. The van der Waals surface area contributed by atoms with Crippen molar-refractivity contribution in [2.24, 2.45) is 0 Å². The molecule has 1 N–H and O–H groups in total. The van der Waals surface area contributed by atoms with Crippen LogP contribution in [0.1, 0.15) is 5.82 Å². The molecule has 0 saturated carbocycles. The number of nitrogens with one attached hydrogen (secondary N) is 1. The second kappa shape index (κ2) is 9.82. The minimum absolute atomic E-state index is 0. The number of aromatic amines is 1. The van der Waals surface area contributed by atoms with Gasteiger partial charge in [0.25, 0.3) is 0 Å². The van der Waals surface area contributed by atoms with Crippen molar-refractivity contribution in [1.29, 1.82) is 0 Å². The Balaban J connectivity index is 0.00000104. The number of fused-ring (bicyclic) bond motifs is 1. The standard InChI is InChI=1S/C17H19N5.3ClH/c1-2-6-15-14(5-1)19-16(20-15)13-21-9-11-22(12-10-21)17-7-3-4-8-18-17;;;/h1-8H,9-13H2,(H,19,20);3*1H. The second-order valence-corrected chi connectivity index (χ2v) is 5.65. The Morgan fingerprint density at radius 1 is 0.880 bits per heavy atom. The van der Waals surface area contributed by atoms with Crippen molar-refractivity contribution in [3.8, 4) is 0 Å². The number of aromatic nitrogens is 3. The Kier molecular flexibility index (Phi) is 8.45. The Hall–Kier alpha value is -1.53. The monoisotopic (exact) mass is 401 g/mol. The minimum Gasteiger partial charge on any atom is -0.354 e. The van der Waals surface area contributed by atoms with Crippen molar-refractivity contribution in [3.05, 3.63) is 54.5 Å². The van der Waals surface area contributed by atoms with Gasteiger partial charge in [-0.25, -0.2) is 9.97 Å². The van der Waals surface area contributed by atoms with Crippen molar-refractivity contribution in [2.45, 2.75) is 6.54 Å². The van der Waals surface area contributed by atoms with E-state index in [1.165, 1.54) is 0 Å². The molecule has 25 heavy (non-hydrogen) atoms. The SMILES string of the molecule is Cl.Cl.Cl.c1ccc(N2CCN(Cc3nc4ccccc4[nH]3)CC2)nc1. The number of imidazole rings is 1. The molecule has 8 heteroatoms. The predicted octanol–water partition coefficient (Wildman–Crippen LogP) is 3.55. The molecule has 1 aliphatic heterocycles. The van der Waals surface area contributed by atoms with Gasteiger partial charge in [0.15, 0.2) is 0 Å². The highest BCUT2D eigenvalue weighted by Crippen LogP contribution is 2.15. The molecule has 2 aromatic heterocycles. The zero-order valence-corrected chi connectivity index (χ0v) is 16.1. The number of nitrogens with zero attached hydrogens (tertiary/aromatic N) is 4. The van der Waals surface area contributed by atoms with E-state index in [1.807, 2.05) is 36.5 Å². The van der Waals surface area contributed by atoms with Crippen molar-refractivity contribution in [3.63, 3.8) is 0 Å². The number of hydrogen-bond acceptors (Lipinski definition) is 4. The molecule has 0 amide bonds. The second-order valence-electron chi connectivity index (χ2n) is 5.65. The number of piperazine rings is 1. The molecule has 1 fully saturated rings. The maximum atomic E-state index is 4.66. The summed E-state index contributed by atoms with van der Waals surface area (Å²) in [6.45, 7) is 4.97. The molecule has 5 nitrogen and oxygen atoms in total. The van der Waals surface area contributed by atoms with Gasteiger partial charge in [0.2, 0.25) is 0 Å². The summed E-state index contributed by atoms with van der Waals surface area (Å²) in [5.74, 6) is 2.12. The van der Waals surface area contributed by atoms with Crippen LogP contribution in [0.3, 0.4) is 0 Å². The molecule has 0 radical (unpaired) electrons. The van der Waals surface area contributed by atoms with Gasteiger partial charge in [-0.3, -0.25) is 4.90 Å². The van der Waals surface area contributed by atoms with E-state index >= 15 is 0 Å². The van der Waals surface area contributed by atoms with Gasteiger partial charge in [-0.2, -0.15) is 0 Å². The third-order valence-corrected chi connectivity index (χ3v) is 4.16. The van der Waals surface area contributed by atoms with E-state index in [0.29, 0.717) is 0 Å². The number of benzene rings is 1. The molecule has 0 aliphatic carbocycles. The van der Waals surface area contributed by atoms with Crippen LogP contribution in [-0.2, 0) is 6.54 Å². The first-order valence-electron chi connectivity index (χ1n) is 7.70. The molecular formula is C17H22Cl3N5. The summed E-state index contributed by atoms with van der Waals surface area (Å²) in [6, 6.07) is 14.3. The number of anilines is 1. The van der Waals surface area contributed by atoms with Gasteiger partial charge in [0, 0.05) is 32.4 Å². The maximum absolute atomic E-state index is 4.66. The maximum Gasteiger partial charge on any atom is 0.128 e. The molecule has 0 bridgehead atoms. The first kappa shape index (κ1) is 21.5. The zero-order valence-electron chi connectivity index (χ0n) is 13.7. The third-order valence-electron chi connectivity index (χ3n) is 4.16. The van der Waals surface area contributed by atoms with E-state index in [2.05, 4.69) is 36.9 Å². The van der Waals surface area contributed by atoms with Gasteiger partial charge >= 0.3 is 0 Å². The van der Waals surface area contributed by atoms with E-state index < -0.39 is 0 Å². The third kappa shape index (κ3) is 4.98.